The SMILES string of the molecule is O=S(=O)(Nc1ccc(CCNCC(O)c2cccnc2)cc1)c1ccc(-c2noc(COc3cccc(Cl)c3)n2)cc1. The number of rotatable bonds is 13. The molecule has 0 bridgehead atoms. The van der Waals surface area contributed by atoms with Crippen molar-refractivity contribution in [2.24, 2.45) is 0 Å². The fourth-order valence-corrected chi connectivity index (χ4v) is 5.27. The van der Waals surface area contributed by atoms with Crippen molar-refractivity contribution in [3.05, 3.63) is 119 Å². The second-order valence-electron chi connectivity index (χ2n) is 9.34. The van der Waals surface area contributed by atoms with Crippen LogP contribution in [0.1, 0.15) is 23.1 Å². The molecule has 0 amide bonds. The van der Waals surface area contributed by atoms with Crippen molar-refractivity contribution in [3.8, 4) is 17.1 Å². The van der Waals surface area contributed by atoms with Crippen molar-refractivity contribution < 1.29 is 22.8 Å². The van der Waals surface area contributed by atoms with Gasteiger partial charge in [-0.25, -0.2) is 8.42 Å². The number of hydrogen-bond acceptors (Lipinski definition) is 9. The van der Waals surface area contributed by atoms with Crippen LogP contribution >= 0.6 is 11.6 Å². The van der Waals surface area contributed by atoms with Gasteiger partial charge in [-0.15, -0.1) is 0 Å². The molecule has 0 aliphatic heterocycles. The molecule has 10 nitrogen and oxygen atoms in total. The molecule has 0 spiro atoms. The number of aliphatic hydroxyl groups excluding tert-OH is 1. The van der Waals surface area contributed by atoms with E-state index in [4.69, 9.17) is 20.9 Å². The van der Waals surface area contributed by atoms with Crippen LogP contribution < -0.4 is 14.8 Å². The van der Waals surface area contributed by atoms with E-state index in [1.165, 1.54) is 12.1 Å². The van der Waals surface area contributed by atoms with Crippen LogP contribution in [0.2, 0.25) is 5.02 Å². The van der Waals surface area contributed by atoms with Crippen molar-refractivity contribution in [1.29, 1.82) is 0 Å². The summed E-state index contributed by atoms with van der Waals surface area (Å²) >= 11 is 5.96. The molecule has 0 aliphatic carbocycles. The lowest BCUT2D eigenvalue weighted by atomic mass is 10.1. The number of halogens is 1. The summed E-state index contributed by atoms with van der Waals surface area (Å²) < 4.78 is 39.4. The highest BCUT2D eigenvalue weighted by atomic mass is 35.5. The molecule has 0 saturated carbocycles. The van der Waals surface area contributed by atoms with E-state index in [1.54, 1.807) is 67.0 Å². The molecule has 2 heterocycles. The number of hydrogen-bond donors (Lipinski definition) is 3. The number of nitrogens with zero attached hydrogens (tertiary/aromatic N) is 3. The first kappa shape index (κ1) is 29.2. The first-order valence-corrected chi connectivity index (χ1v) is 14.9. The van der Waals surface area contributed by atoms with E-state index in [0.29, 0.717) is 40.9 Å². The monoisotopic (exact) mass is 605 g/mol. The van der Waals surface area contributed by atoms with Crippen molar-refractivity contribution in [2.45, 2.75) is 24.0 Å². The molecule has 0 saturated heterocycles. The van der Waals surface area contributed by atoms with E-state index in [9.17, 15) is 13.5 Å². The fourth-order valence-electron chi connectivity index (χ4n) is 4.03. The summed E-state index contributed by atoms with van der Waals surface area (Å²) in [7, 11) is -3.81. The van der Waals surface area contributed by atoms with Crippen LogP contribution in [0.4, 0.5) is 5.69 Å². The van der Waals surface area contributed by atoms with Crippen LogP contribution in [-0.4, -0.2) is 41.7 Å². The largest absolute Gasteiger partial charge is 0.484 e. The smallest absolute Gasteiger partial charge is 0.264 e. The van der Waals surface area contributed by atoms with Crippen LogP contribution in [0, 0.1) is 0 Å². The second-order valence-corrected chi connectivity index (χ2v) is 11.5. The maximum Gasteiger partial charge on any atom is 0.264 e. The van der Waals surface area contributed by atoms with Gasteiger partial charge in [0.25, 0.3) is 15.9 Å². The van der Waals surface area contributed by atoms with E-state index in [0.717, 1.165) is 17.5 Å². The van der Waals surface area contributed by atoms with Gasteiger partial charge in [-0.3, -0.25) is 9.71 Å². The van der Waals surface area contributed by atoms with E-state index in [-0.39, 0.29) is 17.4 Å². The lowest BCUT2D eigenvalue weighted by Gasteiger charge is -2.12. The summed E-state index contributed by atoms with van der Waals surface area (Å²) in [6, 6.07) is 23.9. The topological polar surface area (TPSA) is 139 Å². The van der Waals surface area contributed by atoms with Crippen LogP contribution in [0.25, 0.3) is 11.4 Å². The summed E-state index contributed by atoms with van der Waals surface area (Å²) in [4.78, 5) is 8.43. The van der Waals surface area contributed by atoms with E-state index >= 15 is 0 Å². The Labute approximate surface area is 248 Å². The van der Waals surface area contributed by atoms with Crippen LogP contribution in [0.5, 0.6) is 5.75 Å². The zero-order chi connectivity index (χ0) is 29.4. The van der Waals surface area contributed by atoms with Crippen LogP contribution in [0.3, 0.4) is 0 Å². The molecule has 1 unspecified atom stereocenters. The van der Waals surface area contributed by atoms with Gasteiger partial charge in [0.15, 0.2) is 6.61 Å². The summed E-state index contributed by atoms with van der Waals surface area (Å²) in [5, 5.41) is 17.9. The first-order valence-electron chi connectivity index (χ1n) is 13.1. The predicted molar refractivity (Wildman–Crippen MR) is 159 cm³/mol. The zero-order valence-corrected chi connectivity index (χ0v) is 23.9. The summed E-state index contributed by atoms with van der Waals surface area (Å²) in [6.07, 6.45) is 3.40. The first-order chi connectivity index (χ1) is 20.4. The summed E-state index contributed by atoms with van der Waals surface area (Å²) in [6.45, 7) is 1.13. The molecule has 2 aromatic heterocycles. The zero-order valence-electron chi connectivity index (χ0n) is 22.4. The maximum absolute atomic E-state index is 12.9. The summed E-state index contributed by atoms with van der Waals surface area (Å²) in [5.41, 5.74) is 2.84. The van der Waals surface area contributed by atoms with Crippen molar-refractivity contribution >= 4 is 27.3 Å². The molecule has 1 atom stereocenters. The third-order valence-corrected chi connectivity index (χ3v) is 7.89. The Morgan fingerprint density at radius 3 is 2.55 bits per heavy atom. The minimum atomic E-state index is -3.81. The lowest BCUT2D eigenvalue weighted by molar-refractivity contribution is 0.174. The molecule has 3 aromatic carbocycles. The lowest BCUT2D eigenvalue weighted by Crippen LogP contribution is -2.23. The number of pyridine rings is 1. The van der Waals surface area contributed by atoms with Crippen molar-refractivity contribution in [2.75, 3.05) is 17.8 Å². The second kappa shape index (κ2) is 13.6. The van der Waals surface area contributed by atoms with Gasteiger partial charge in [-0.05, 0) is 79.2 Å². The normalized spacial score (nSPS) is 12.1. The Morgan fingerprint density at radius 2 is 1.81 bits per heavy atom. The maximum atomic E-state index is 12.9. The Bertz CT molecular complexity index is 1700. The Balaban J connectivity index is 1.11. The van der Waals surface area contributed by atoms with Crippen LogP contribution in [0.15, 0.2) is 107 Å². The summed E-state index contributed by atoms with van der Waals surface area (Å²) in [5.74, 6) is 1.16. The molecule has 12 heteroatoms. The minimum Gasteiger partial charge on any atom is -0.484 e. The number of nitrogens with one attached hydrogen (secondary N) is 2. The highest BCUT2D eigenvalue weighted by Crippen LogP contribution is 2.23. The minimum absolute atomic E-state index is 0.0638. The van der Waals surface area contributed by atoms with Gasteiger partial charge in [0.1, 0.15) is 5.75 Å². The highest BCUT2D eigenvalue weighted by Gasteiger charge is 2.16. The average molecular weight is 606 g/mol. The molecular formula is C30H28ClN5O5S. The van der Waals surface area contributed by atoms with Gasteiger partial charge in [0, 0.05) is 40.8 Å². The molecule has 0 fully saturated rings. The van der Waals surface area contributed by atoms with E-state index in [1.807, 2.05) is 18.2 Å². The van der Waals surface area contributed by atoms with E-state index in [2.05, 4.69) is 25.2 Å². The van der Waals surface area contributed by atoms with Gasteiger partial charge < -0.3 is 19.7 Å². The average Bonchev–Trinajstić information content (AvgIpc) is 3.49. The van der Waals surface area contributed by atoms with Crippen LogP contribution in [-0.2, 0) is 23.1 Å². The molecule has 0 aliphatic rings. The highest BCUT2D eigenvalue weighted by molar-refractivity contribution is 7.92. The van der Waals surface area contributed by atoms with Gasteiger partial charge in [0.2, 0.25) is 5.82 Å². The molecule has 216 valence electrons. The third-order valence-electron chi connectivity index (χ3n) is 6.25. The van der Waals surface area contributed by atoms with Gasteiger partial charge in [0.05, 0.1) is 11.0 Å². The van der Waals surface area contributed by atoms with Gasteiger partial charge in [-0.2, -0.15) is 4.98 Å². The van der Waals surface area contributed by atoms with Crippen molar-refractivity contribution in [1.82, 2.24) is 20.4 Å². The third kappa shape index (κ3) is 7.92. The number of ether oxygens (including phenoxy) is 1. The van der Waals surface area contributed by atoms with E-state index < -0.39 is 16.1 Å². The Kier molecular flexibility index (Phi) is 9.45. The number of anilines is 1. The number of aromatic nitrogens is 3. The quantitative estimate of drug-likeness (QED) is 0.158. The molecule has 42 heavy (non-hydrogen) atoms. The molecule has 3 N–H and O–H groups in total. The van der Waals surface area contributed by atoms with Gasteiger partial charge in [-0.1, -0.05) is 41.0 Å². The fraction of sp³-hybridized carbons (Fsp3) is 0.167. The number of sulfonamides is 1. The Hall–Kier alpha value is -4.29. The van der Waals surface area contributed by atoms with Gasteiger partial charge >= 0.3 is 0 Å². The van der Waals surface area contributed by atoms with Crippen molar-refractivity contribution in [3.63, 3.8) is 0 Å². The predicted octanol–water partition coefficient (Wildman–Crippen LogP) is 5.03. The number of aliphatic hydroxyl groups is 1. The molecule has 0 radical (unpaired) electrons. The standard InChI is InChI=1S/C30H28ClN5O5S/c31-24-4-1-5-26(17-24)40-20-29-34-30(35-41-29)22-8-12-27(13-9-22)42(38,39)36-25-10-6-21(7-11-25)14-16-33-19-28(37)23-3-2-15-32-18-23/h1-13,15,17-18,28,33,36-37H,14,16,19-20H2. The molecule has 5 rings (SSSR count). The number of benzene rings is 3. The molecule has 5 aromatic rings. The molecular weight excluding hydrogens is 578 g/mol. The Morgan fingerprint density at radius 1 is 1.00 bits per heavy atom.